The van der Waals surface area contributed by atoms with E-state index >= 15 is 0 Å². The molecule has 0 saturated carbocycles. The molecule has 0 aromatic heterocycles. The van der Waals surface area contributed by atoms with E-state index < -0.39 is 0 Å². The Morgan fingerprint density at radius 2 is 1.76 bits per heavy atom. The predicted octanol–water partition coefficient (Wildman–Crippen LogP) is 5.50. The average molecular weight is 322 g/mol. The van der Waals surface area contributed by atoms with Crippen molar-refractivity contribution in [3.8, 4) is 0 Å². The second kappa shape index (κ2) is 7.31. The van der Waals surface area contributed by atoms with Crippen molar-refractivity contribution in [2.24, 2.45) is 0 Å². The Hall–Kier alpha value is -1.02. The molecule has 0 aliphatic carbocycles. The van der Waals surface area contributed by atoms with E-state index in [1.807, 2.05) is 18.2 Å². The fourth-order valence-corrected chi connectivity index (χ4v) is 2.98. The molecule has 0 aliphatic heterocycles. The third kappa shape index (κ3) is 4.23. The highest BCUT2D eigenvalue weighted by Crippen LogP contribution is 2.27. The van der Waals surface area contributed by atoms with Crippen LogP contribution < -0.4 is 5.32 Å². The quantitative estimate of drug-likeness (QED) is 0.766. The lowest BCUT2D eigenvalue weighted by Gasteiger charge is -2.21. The first-order chi connectivity index (χ1) is 10.0. The smallest absolute Gasteiger partial charge is 0.0595 e. The maximum atomic E-state index is 6.12. The molecule has 3 heteroatoms. The molecule has 0 saturated heterocycles. The van der Waals surface area contributed by atoms with E-state index in [1.54, 1.807) is 0 Å². The van der Waals surface area contributed by atoms with Gasteiger partial charge in [-0.25, -0.2) is 0 Å². The van der Waals surface area contributed by atoms with Gasteiger partial charge in [-0.05, 0) is 55.6 Å². The van der Waals surface area contributed by atoms with Crippen LogP contribution in [-0.4, -0.2) is 6.54 Å². The summed E-state index contributed by atoms with van der Waals surface area (Å²) in [5.74, 6) is 0. The first-order valence-corrected chi connectivity index (χ1v) is 8.01. The Morgan fingerprint density at radius 3 is 2.38 bits per heavy atom. The van der Waals surface area contributed by atoms with E-state index in [-0.39, 0.29) is 6.04 Å². The topological polar surface area (TPSA) is 12.0 Å². The van der Waals surface area contributed by atoms with Crippen molar-refractivity contribution < 1.29 is 0 Å². The lowest BCUT2D eigenvalue weighted by Crippen LogP contribution is -2.23. The second-order valence-corrected chi connectivity index (χ2v) is 6.24. The molecule has 1 atom stereocenters. The van der Waals surface area contributed by atoms with Crippen molar-refractivity contribution in [1.29, 1.82) is 0 Å². The zero-order chi connectivity index (χ0) is 15.4. The molecule has 2 aromatic carbocycles. The summed E-state index contributed by atoms with van der Waals surface area (Å²) in [6.45, 7) is 7.35. The molecule has 0 aliphatic rings. The fraction of sp³-hybridized carbons (Fsp3) is 0.333. The van der Waals surface area contributed by atoms with E-state index in [2.05, 4.69) is 44.3 Å². The predicted molar refractivity (Wildman–Crippen MR) is 92.5 cm³/mol. The molecule has 1 nitrogen and oxygen atoms in total. The van der Waals surface area contributed by atoms with Gasteiger partial charge in [-0.15, -0.1) is 0 Å². The highest BCUT2D eigenvalue weighted by molar-refractivity contribution is 6.42. The normalized spacial score (nSPS) is 12.4. The van der Waals surface area contributed by atoms with Crippen molar-refractivity contribution in [3.05, 3.63) is 68.7 Å². The molecule has 112 valence electrons. The summed E-state index contributed by atoms with van der Waals surface area (Å²) in [6.07, 6.45) is 0.897. The number of halogens is 2. The van der Waals surface area contributed by atoms with Gasteiger partial charge in [-0.3, -0.25) is 0 Å². The number of aryl methyl sites for hydroxylation is 2. The number of benzene rings is 2. The summed E-state index contributed by atoms with van der Waals surface area (Å²) in [6, 6.07) is 12.8. The largest absolute Gasteiger partial charge is 0.310 e. The van der Waals surface area contributed by atoms with E-state index in [9.17, 15) is 0 Å². The van der Waals surface area contributed by atoms with Crippen LogP contribution in [0.25, 0.3) is 0 Å². The molecule has 21 heavy (non-hydrogen) atoms. The van der Waals surface area contributed by atoms with Gasteiger partial charge < -0.3 is 5.32 Å². The Balaban J connectivity index is 2.28. The van der Waals surface area contributed by atoms with Gasteiger partial charge in [0.15, 0.2) is 0 Å². The molecule has 0 heterocycles. The second-order valence-electron chi connectivity index (χ2n) is 5.42. The molecule has 2 rings (SSSR count). The molecule has 0 radical (unpaired) electrons. The number of likely N-dealkylation sites (N-methyl/N-ethyl adjacent to an activating group) is 1. The molecule has 0 fully saturated rings. The average Bonchev–Trinajstić information content (AvgIpc) is 2.42. The SMILES string of the molecule is CCNC(Cc1ccc(Cl)c(Cl)c1)c1ccc(C)cc1C. The van der Waals surface area contributed by atoms with Gasteiger partial charge in [-0.2, -0.15) is 0 Å². The van der Waals surface area contributed by atoms with Gasteiger partial charge in [-0.1, -0.05) is 60.0 Å². The van der Waals surface area contributed by atoms with Crippen molar-refractivity contribution in [3.63, 3.8) is 0 Å². The van der Waals surface area contributed by atoms with Gasteiger partial charge in [0.05, 0.1) is 10.0 Å². The first-order valence-electron chi connectivity index (χ1n) is 7.25. The van der Waals surface area contributed by atoms with Crippen molar-refractivity contribution >= 4 is 23.2 Å². The van der Waals surface area contributed by atoms with Crippen LogP contribution in [0, 0.1) is 13.8 Å². The number of hydrogen-bond acceptors (Lipinski definition) is 1. The summed E-state index contributed by atoms with van der Waals surface area (Å²) in [7, 11) is 0. The summed E-state index contributed by atoms with van der Waals surface area (Å²) in [4.78, 5) is 0. The van der Waals surface area contributed by atoms with Crippen LogP contribution >= 0.6 is 23.2 Å². The number of nitrogens with one attached hydrogen (secondary N) is 1. The summed E-state index contributed by atoms with van der Waals surface area (Å²) < 4.78 is 0. The van der Waals surface area contributed by atoms with Gasteiger partial charge in [0.25, 0.3) is 0 Å². The standard InChI is InChI=1S/C18H21Cl2N/c1-4-21-18(15-7-5-12(2)9-13(15)3)11-14-6-8-16(19)17(20)10-14/h5-10,18,21H,4,11H2,1-3H3. The minimum absolute atomic E-state index is 0.285. The maximum Gasteiger partial charge on any atom is 0.0595 e. The Bertz CT molecular complexity index is 623. The van der Waals surface area contributed by atoms with Crippen LogP contribution in [0.4, 0.5) is 0 Å². The lowest BCUT2D eigenvalue weighted by atomic mass is 9.94. The Kier molecular flexibility index (Phi) is 5.69. The Labute approximate surface area is 137 Å². The molecule has 2 aromatic rings. The van der Waals surface area contributed by atoms with E-state index in [1.165, 1.54) is 22.3 Å². The molecule has 0 bridgehead atoms. The van der Waals surface area contributed by atoms with Gasteiger partial charge in [0, 0.05) is 6.04 Å². The van der Waals surface area contributed by atoms with Crippen LogP contribution in [0.3, 0.4) is 0 Å². The minimum Gasteiger partial charge on any atom is -0.310 e. The molecular weight excluding hydrogens is 301 g/mol. The molecule has 0 spiro atoms. The highest BCUT2D eigenvalue weighted by Gasteiger charge is 2.14. The molecule has 0 amide bonds. The van der Waals surface area contributed by atoms with Gasteiger partial charge in [0.1, 0.15) is 0 Å². The minimum atomic E-state index is 0.285. The summed E-state index contributed by atoms with van der Waals surface area (Å²) in [5.41, 5.74) is 5.14. The molecule has 1 N–H and O–H groups in total. The Morgan fingerprint density at radius 1 is 1.00 bits per heavy atom. The van der Waals surface area contributed by atoms with E-state index in [4.69, 9.17) is 23.2 Å². The van der Waals surface area contributed by atoms with Gasteiger partial charge >= 0.3 is 0 Å². The van der Waals surface area contributed by atoms with E-state index in [0.717, 1.165) is 13.0 Å². The van der Waals surface area contributed by atoms with Crippen molar-refractivity contribution in [2.75, 3.05) is 6.54 Å². The van der Waals surface area contributed by atoms with Crippen LogP contribution in [0.1, 0.15) is 35.2 Å². The third-order valence-corrected chi connectivity index (χ3v) is 4.41. The number of hydrogen-bond donors (Lipinski definition) is 1. The molecule has 1 unspecified atom stereocenters. The monoisotopic (exact) mass is 321 g/mol. The summed E-state index contributed by atoms with van der Waals surface area (Å²) in [5, 5.41) is 4.79. The van der Waals surface area contributed by atoms with Crippen LogP contribution in [0.5, 0.6) is 0 Å². The maximum absolute atomic E-state index is 6.12. The van der Waals surface area contributed by atoms with Crippen molar-refractivity contribution in [2.45, 2.75) is 33.2 Å². The lowest BCUT2D eigenvalue weighted by molar-refractivity contribution is 0.547. The van der Waals surface area contributed by atoms with Gasteiger partial charge in [0.2, 0.25) is 0 Å². The van der Waals surface area contributed by atoms with Crippen LogP contribution in [-0.2, 0) is 6.42 Å². The molecular formula is C18H21Cl2N. The number of rotatable bonds is 5. The summed E-state index contributed by atoms with van der Waals surface area (Å²) >= 11 is 12.1. The zero-order valence-corrected chi connectivity index (χ0v) is 14.2. The third-order valence-electron chi connectivity index (χ3n) is 3.68. The van der Waals surface area contributed by atoms with E-state index in [0.29, 0.717) is 10.0 Å². The highest BCUT2D eigenvalue weighted by atomic mass is 35.5. The fourth-order valence-electron chi connectivity index (χ4n) is 2.66. The van der Waals surface area contributed by atoms with Crippen LogP contribution in [0.2, 0.25) is 10.0 Å². The van der Waals surface area contributed by atoms with Crippen molar-refractivity contribution in [1.82, 2.24) is 5.32 Å². The van der Waals surface area contributed by atoms with Crippen LogP contribution in [0.15, 0.2) is 36.4 Å². The first kappa shape index (κ1) is 16.4. The zero-order valence-electron chi connectivity index (χ0n) is 12.7.